The molecule has 1 fully saturated rings. The average Bonchev–Trinajstić information content (AvgIpc) is 3.65. The molecule has 1 aliphatic heterocycles. The Morgan fingerprint density at radius 3 is 1.96 bits per heavy atom. The van der Waals surface area contributed by atoms with Crippen LogP contribution in [0.25, 0.3) is 0 Å². The number of nitrogens with two attached hydrogens (primary N) is 2. The Labute approximate surface area is 322 Å². The SMILES string of the molecule is C/N=C(N)\C(C#CCCCNC(=O)CCCCCCCCCCCCCCCN)=C/N(C=O)[C@H]1CC[C@@H](COP(OC)OP(OC)OP(OC)OC)O1. The van der Waals surface area contributed by atoms with Gasteiger partial charge in [-0.15, -0.1) is 0 Å². The third-order valence-electron chi connectivity index (χ3n) is 8.19. The highest BCUT2D eigenvalue weighted by molar-refractivity contribution is 7.61. The molecule has 0 aromatic carbocycles. The fourth-order valence-corrected chi connectivity index (χ4v) is 8.58. The lowest BCUT2D eigenvalue weighted by molar-refractivity contribution is -0.127. The number of hydrogen-bond acceptors (Lipinski definition) is 12. The number of amides is 2. The van der Waals surface area contributed by atoms with E-state index < -0.39 is 32.0 Å². The Balaban J connectivity index is 2.36. The Kier molecular flexibility index (Phi) is 31.8. The first-order chi connectivity index (χ1) is 25.8. The molecule has 15 nitrogen and oxygen atoms in total. The number of unbranched alkanes of at least 4 members (excludes halogenated alkanes) is 13. The van der Waals surface area contributed by atoms with Gasteiger partial charge in [-0.05, 0) is 38.6 Å². The number of nitrogens with zero attached hydrogens (tertiary/aromatic N) is 2. The fraction of sp³-hybridized carbons (Fsp3) is 0.800. The van der Waals surface area contributed by atoms with E-state index in [-0.39, 0.29) is 24.5 Å². The highest BCUT2D eigenvalue weighted by Crippen LogP contribution is 2.61. The molecule has 0 saturated carbocycles. The maximum Gasteiger partial charge on any atom is 0.346 e. The van der Waals surface area contributed by atoms with Crippen LogP contribution < -0.4 is 16.8 Å². The van der Waals surface area contributed by atoms with E-state index in [0.717, 1.165) is 25.8 Å². The van der Waals surface area contributed by atoms with Gasteiger partial charge in [0.1, 0.15) is 12.1 Å². The van der Waals surface area contributed by atoms with E-state index in [2.05, 4.69) is 22.2 Å². The van der Waals surface area contributed by atoms with E-state index >= 15 is 0 Å². The van der Waals surface area contributed by atoms with Gasteiger partial charge >= 0.3 is 25.8 Å². The molecular formula is C35H66N5O10P3. The molecule has 1 heterocycles. The standard InChI is InChI=1S/C35H66N5O10P3/c1-38-35(37)31(22-18-17-21-27-39-33(42)23-19-15-13-11-9-7-6-8-10-12-14-16-20-26-36)28-40(30-41)34-25-24-32(48-34)29-47-52(45-4)50-53(46-5)49-51(43-2)44-3/h28,30,32,34H,6-17,19-21,23-27,29,36H2,1-5H3,(H2,37,38)(H,39,42)/b31-28-/t32-,34+,52?,53?/m0/s1. The predicted molar refractivity (Wildman–Crippen MR) is 212 cm³/mol. The molecule has 2 unspecified atom stereocenters. The molecule has 1 rings (SSSR count). The summed E-state index contributed by atoms with van der Waals surface area (Å²) in [6, 6.07) is 0. The molecule has 4 atom stereocenters. The zero-order valence-corrected chi connectivity index (χ0v) is 35.3. The van der Waals surface area contributed by atoms with Crippen LogP contribution in [0.4, 0.5) is 0 Å². The Bertz CT molecular complexity index is 1080. The van der Waals surface area contributed by atoms with Crippen LogP contribution in [0.3, 0.4) is 0 Å². The van der Waals surface area contributed by atoms with Crippen LogP contribution in [0.5, 0.6) is 0 Å². The lowest BCUT2D eigenvalue weighted by Gasteiger charge is -2.23. The molecule has 0 bridgehead atoms. The van der Waals surface area contributed by atoms with Gasteiger partial charge in [0.25, 0.3) is 0 Å². The van der Waals surface area contributed by atoms with Crippen LogP contribution in [-0.4, -0.2) is 90.6 Å². The van der Waals surface area contributed by atoms with E-state index in [1.165, 1.54) is 97.5 Å². The van der Waals surface area contributed by atoms with Crippen LogP contribution in [0.2, 0.25) is 0 Å². The number of rotatable bonds is 33. The van der Waals surface area contributed by atoms with Gasteiger partial charge in [-0.25, -0.2) is 8.62 Å². The molecule has 306 valence electrons. The number of ether oxygens (including phenoxy) is 1. The van der Waals surface area contributed by atoms with E-state index in [9.17, 15) is 9.59 Å². The molecule has 0 aliphatic carbocycles. The van der Waals surface area contributed by atoms with Crippen molar-refractivity contribution < 1.29 is 45.6 Å². The van der Waals surface area contributed by atoms with Gasteiger partial charge in [0, 0.05) is 61.1 Å². The Hall–Kier alpha value is -1.36. The summed E-state index contributed by atoms with van der Waals surface area (Å²) in [6.07, 6.45) is 20.5. The first kappa shape index (κ1) is 49.7. The van der Waals surface area contributed by atoms with Crippen molar-refractivity contribution >= 4 is 44.0 Å². The Morgan fingerprint density at radius 1 is 0.849 bits per heavy atom. The van der Waals surface area contributed by atoms with E-state index in [0.29, 0.717) is 50.6 Å². The first-order valence-corrected chi connectivity index (χ1v) is 22.0. The van der Waals surface area contributed by atoms with Crippen molar-refractivity contribution in [2.24, 2.45) is 16.5 Å². The molecule has 5 N–H and O–H groups in total. The smallest absolute Gasteiger partial charge is 0.346 e. The van der Waals surface area contributed by atoms with Crippen LogP contribution in [0.15, 0.2) is 16.8 Å². The second kappa shape index (κ2) is 33.9. The monoisotopic (exact) mass is 809 g/mol. The number of carbonyl (C=O) groups excluding carboxylic acids is 2. The topological polar surface area (TPSA) is 188 Å². The molecule has 2 amide bonds. The minimum atomic E-state index is -1.84. The van der Waals surface area contributed by atoms with Crippen molar-refractivity contribution in [2.45, 2.75) is 128 Å². The minimum Gasteiger partial charge on any atom is -0.383 e. The fourth-order valence-electron chi connectivity index (χ4n) is 5.25. The van der Waals surface area contributed by atoms with Gasteiger partial charge in [0.15, 0.2) is 0 Å². The van der Waals surface area contributed by atoms with Crippen LogP contribution in [0, 0.1) is 11.8 Å². The molecule has 1 saturated heterocycles. The van der Waals surface area contributed by atoms with Gasteiger partial charge in [-0.1, -0.05) is 82.5 Å². The number of aliphatic imine (C=N–C) groups is 1. The van der Waals surface area contributed by atoms with Gasteiger partial charge in [0.2, 0.25) is 12.3 Å². The van der Waals surface area contributed by atoms with E-state index in [4.69, 9.17) is 47.4 Å². The zero-order valence-electron chi connectivity index (χ0n) is 32.6. The third kappa shape index (κ3) is 24.7. The molecule has 0 radical (unpaired) electrons. The van der Waals surface area contributed by atoms with Gasteiger partial charge in [0.05, 0.1) is 18.3 Å². The van der Waals surface area contributed by atoms with Crippen molar-refractivity contribution in [3.63, 3.8) is 0 Å². The molecule has 0 aromatic heterocycles. The lowest BCUT2D eigenvalue weighted by Crippen LogP contribution is -2.32. The lowest BCUT2D eigenvalue weighted by atomic mass is 10.0. The number of nitrogens with one attached hydrogen (secondary N) is 1. The average molecular weight is 810 g/mol. The maximum atomic E-state index is 12.3. The number of carbonyl (C=O) groups is 2. The van der Waals surface area contributed by atoms with Crippen LogP contribution >= 0.6 is 25.8 Å². The maximum absolute atomic E-state index is 12.3. The van der Waals surface area contributed by atoms with Crippen molar-refractivity contribution in [3.05, 3.63) is 11.8 Å². The number of hydrogen-bond donors (Lipinski definition) is 3. The summed E-state index contributed by atoms with van der Waals surface area (Å²) in [5, 5.41) is 2.99. The number of amidine groups is 1. The summed E-state index contributed by atoms with van der Waals surface area (Å²) in [6.45, 7) is 1.52. The van der Waals surface area contributed by atoms with Crippen LogP contribution in [0.1, 0.15) is 116 Å². The second-order valence-corrected chi connectivity index (χ2v) is 16.6. The summed E-state index contributed by atoms with van der Waals surface area (Å²) in [5.41, 5.74) is 12.0. The Morgan fingerprint density at radius 2 is 1.42 bits per heavy atom. The molecule has 18 heteroatoms. The summed E-state index contributed by atoms with van der Waals surface area (Å²) in [7, 11) is 2.03. The normalized spacial score (nSPS) is 17.4. The predicted octanol–water partition coefficient (Wildman–Crippen LogP) is 7.46. The molecule has 0 spiro atoms. The minimum absolute atomic E-state index is 0.0812. The summed E-state index contributed by atoms with van der Waals surface area (Å²) >= 11 is 0. The highest BCUT2D eigenvalue weighted by Gasteiger charge is 2.32. The summed E-state index contributed by atoms with van der Waals surface area (Å²) in [4.78, 5) is 29.8. The second-order valence-electron chi connectivity index (χ2n) is 12.2. The van der Waals surface area contributed by atoms with Gasteiger partial charge in [-0.3, -0.25) is 19.5 Å². The zero-order chi connectivity index (χ0) is 38.9. The van der Waals surface area contributed by atoms with Crippen LogP contribution in [-0.2, 0) is 45.6 Å². The molecule has 53 heavy (non-hydrogen) atoms. The summed E-state index contributed by atoms with van der Waals surface area (Å²) < 4.78 is 43.7. The van der Waals surface area contributed by atoms with Crippen molar-refractivity contribution in [3.8, 4) is 11.8 Å². The van der Waals surface area contributed by atoms with Crippen molar-refractivity contribution in [1.82, 2.24) is 10.2 Å². The molecule has 1 aliphatic rings. The van der Waals surface area contributed by atoms with E-state index in [1.54, 1.807) is 13.2 Å². The highest BCUT2D eigenvalue weighted by atomic mass is 31.3. The largest absolute Gasteiger partial charge is 0.383 e. The summed E-state index contributed by atoms with van der Waals surface area (Å²) in [5.74, 6) is 6.39. The van der Waals surface area contributed by atoms with E-state index in [1.807, 2.05) is 0 Å². The molecule has 0 aromatic rings. The third-order valence-corrected chi connectivity index (χ3v) is 11.9. The van der Waals surface area contributed by atoms with Gasteiger partial charge in [-0.2, -0.15) is 0 Å². The first-order valence-electron chi connectivity index (χ1n) is 18.7. The van der Waals surface area contributed by atoms with Crippen molar-refractivity contribution in [2.75, 3.05) is 55.2 Å². The van der Waals surface area contributed by atoms with Gasteiger partial charge < -0.3 is 44.1 Å². The quantitative estimate of drug-likeness (QED) is 0.0149. The molecular weight excluding hydrogens is 743 g/mol. The van der Waals surface area contributed by atoms with Crippen molar-refractivity contribution in [1.29, 1.82) is 0 Å².